The van der Waals surface area contributed by atoms with E-state index in [9.17, 15) is 0 Å². The normalized spacial score (nSPS) is 15.7. The Balaban J connectivity index is 2.14. The molecule has 0 N–H and O–H groups in total. The molecule has 1 fully saturated rings. The van der Waals surface area contributed by atoms with Crippen LogP contribution in [0.25, 0.3) is 10.9 Å². The van der Waals surface area contributed by atoms with E-state index in [4.69, 9.17) is 4.98 Å². The molecule has 0 atom stereocenters. The minimum Gasteiger partial charge on any atom is -0.356 e. The average molecular weight is 291 g/mol. The van der Waals surface area contributed by atoms with Gasteiger partial charge in [0.15, 0.2) is 0 Å². The van der Waals surface area contributed by atoms with E-state index in [0.717, 1.165) is 29.8 Å². The first-order valence-corrected chi connectivity index (χ1v) is 7.20. The lowest BCUT2D eigenvalue weighted by atomic mass is 10.1. The molecule has 0 spiro atoms. The zero-order valence-electron chi connectivity index (χ0n) is 9.69. The van der Waals surface area contributed by atoms with Crippen LogP contribution in [0.3, 0.4) is 0 Å². The second-order valence-electron chi connectivity index (χ2n) is 4.49. The molecule has 0 unspecified atom stereocenters. The molecule has 2 heterocycles. The fourth-order valence-electron chi connectivity index (χ4n) is 2.45. The second-order valence-corrected chi connectivity index (χ2v) is 5.05. The highest BCUT2D eigenvalue weighted by molar-refractivity contribution is 9.08. The molecule has 2 aromatic rings. The van der Waals surface area contributed by atoms with Crippen LogP contribution in [0, 0.1) is 0 Å². The number of benzene rings is 1. The molecular weight excluding hydrogens is 276 g/mol. The molecule has 1 saturated heterocycles. The van der Waals surface area contributed by atoms with Gasteiger partial charge in [0.1, 0.15) is 5.82 Å². The summed E-state index contributed by atoms with van der Waals surface area (Å²) >= 11 is 3.57. The molecule has 0 aliphatic carbocycles. The number of alkyl halides is 1. The van der Waals surface area contributed by atoms with E-state index >= 15 is 0 Å². The van der Waals surface area contributed by atoms with Crippen LogP contribution in [0.4, 0.5) is 5.82 Å². The third-order valence-electron chi connectivity index (χ3n) is 3.33. The smallest absolute Gasteiger partial charge is 0.133 e. The van der Waals surface area contributed by atoms with E-state index in [2.05, 4.69) is 51.2 Å². The van der Waals surface area contributed by atoms with Crippen molar-refractivity contribution in [2.45, 2.75) is 18.2 Å². The number of hydrogen-bond donors (Lipinski definition) is 0. The molecule has 0 radical (unpaired) electrons. The predicted octanol–water partition coefficient (Wildman–Crippen LogP) is 3.73. The van der Waals surface area contributed by atoms with Crippen LogP contribution >= 0.6 is 15.9 Å². The molecular formula is C14H15BrN2. The SMILES string of the molecule is BrCc1cc2ccccc2nc1N1CCCC1. The van der Waals surface area contributed by atoms with Gasteiger partial charge in [0.2, 0.25) is 0 Å². The fraction of sp³-hybridized carbons (Fsp3) is 0.357. The van der Waals surface area contributed by atoms with Crippen molar-refractivity contribution in [1.82, 2.24) is 4.98 Å². The van der Waals surface area contributed by atoms with E-state index in [0.29, 0.717) is 0 Å². The summed E-state index contributed by atoms with van der Waals surface area (Å²) in [6.07, 6.45) is 2.58. The zero-order valence-corrected chi connectivity index (χ0v) is 11.3. The molecule has 1 aliphatic heterocycles. The van der Waals surface area contributed by atoms with Crippen molar-refractivity contribution in [2.75, 3.05) is 18.0 Å². The number of pyridine rings is 1. The summed E-state index contributed by atoms with van der Waals surface area (Å²) in [6.45, 7) is 2.29. The summed E-state index contributed by atoms with van der Waals surface area (Å²) in [5, 5.41) is 2.10. The summed E-state index contributed by atoms with van der Waals surface area (Å²) in [4.78, 5) is 7.23. The number of rotatable bonds is 2. The Bertz CT molecular complexity index is 533. The lowest BCUT2D eigenvalue weighted by Crippen LogP contribution is -2.20. The van der Waals surface area contributed by atoms with Gasteiger partial charge in [-0.3, -0.25) is 0 Å². The van der Waals surface area contributed by atoms with Gasteiger partial charge in [0.25, 0.3) is 0 Å². The zero-order chi connectivity index (χ0) is 11.7. The number of hydrogen-bond acceptors (Lipinski definition) is 2. The minimum absolute atomic E-state index is 0.872. The third kappa shape index (κ3) is 2.04. The molecule has 1 aromatic carbocycles. The minimum atomic E-state index is 0.872. The van der Waals surface area contributed by atoms with Crippen molar-refractivity contribution in [3.63, 3.8) is 0 Å². The summed E-state index contributed by atoms with van der Waals surface area (Å²) in [5.74, 6) is 1.16. The van der Waals surface area contributed by atoms with Crippen molar-refractivity contribution in [2.24, 2.45) is 0 Å². The Hall–Kier alpha value is -1.09. The highest BCUT2D eigenvalue weighted by atomic mass is 79.9. The monoisotopic (exact) mass is 290 g/mol. The van der Waals surface area contributed by atoms with E-state index in [1.165, 1.54) is 23.8 Å². The van der Waals surface area contributed by atoms with Gasteiger partial charge < -0.3 is 4.90 Å². The molecule has 3 heteroatoms. The van der Waals surface area contributed by atoms with Gasteiger partial charge in [0.05, 0.1) is 5.52 Å². The van der Waals surface area contributed by atoms with Crippen LogP contribution in [0.1, 0.15) is 18.4 Å². The quantitative estimate of drug-likeness (QED) is 0.784. The maximum absolute atomic E-state index is 4.82. The van der Waals surface area contributed by atoms with Crippen molar-refractivity contribution < 1.29 is 0 Å². The Morgan fingerprint density at radius 3 is 2.71 bits per heavy atom. The lowest BCUT2D eigenvalue weighted by Gasteiger charge is -2.20. The molecule has 3 rings (SSSR count). The van der Waals surface area contributed by atoms with Gasteiger partial charge in [-0.15, -0.1) is 0 Å². The first-order chi connectivity index (χ1) is 8.38. The first kappa shape index (κ1) is 11.0. The van der Waals surface area contributed by atoms with Gasteiger partial charge in [-0.1, -0.05) is 34.1 Å². The van der Waals surface area contributed by atoms with Gasteiger partial charge in [-0.2, -0.15) is 0 Å². The number of anilines is 1. The Morgan fingerprint density at radius 2 is 1.94 bits per heavy atom. The van der Waals surface area contributed by atoms with Crippen molar-refractivity contribution in [3.05, 3.63) is 35.9 Å². The van der Waals surface area contributed by atoms with E-state index < -0.39 is 0 Å². The van der Waals surface area contributed by atoms with Crippen molar-refractivity contribution in [1.29, 1.82) is 0 Å². The van der Waals surface area contributed by atoms with E-state index in [1.807, 2.05) is 0 Å². The summed E-state index contributed by atoms with van der Waals surface area (Å²) < 4.78 is 0. The topological polar surface area (TPSA) is 16.1 Å². The number of aromatic nitrogens is 1. The first-order valence-electron chi connectivity index (χ1n) is 6.08. The molecule has 0 bridgehead atoms. The van der Waals surface area contributed by atoms with Crippen LogP contribution in [0.5, 0.6) is 0 Å². The molecule has 0 saturated carbocycles. The van der Waals surface area contributed by atoms with E-state index in [-0.39, 0.29) is 0 Å². The summed E-state index contributed by atoms with van der Waals surface area (Å²) in [6, 6.07) is 10.6. The van der Waals surface area contributed by atoms with Crippen LogP contribution < -0.4 is 4.90 Å². The van der Waals surface area contributed by atoms with Gasteiger partial charge >= 0.3 is 0 Å². The molecule has 0 amide bonds. The van der Waals surface area contributed by atoms with Gasteiger partial charge in [-0.05, 0) is 25.0 Å². The van der Waals surface area contributed by atoms with Crippen molar-refractivity contribution >= 4 is 32.7 Å². The number of halogens is 1. The highest BCUT2D eigenvalue weighted by Gasteiger charge is 2.17. The van der Waals surface area contributed by atoms with Crippen molar-refractivity contribution in [3.8, 4) is 0 Å². The largest absolute Gasteiger partial charge is 0.356 e. The average Bonchev–Trinajstić information content (AvgIpc) is 2.91. The lowest BCUT2D eigenvalue weighted by molar-refractivity contribution is 0.934. The Kier molecular flexibility index (Phi) is 3.02. The Morgan fingerprint density at radius 1 is 1.18 bits per heavy atom. The molecule has 1 aromatic heterocycles. The molecule has 17 heavy (non-hydrogen) atoms. The molecule has 88 valence electrons. The Labute approximate surface area is 110 Å². The molecule has 1 aliphatic rings. The van der Waals surface area contributed by atoms with Crippen LogP contribution in [0.2, 0.25) is 0 Å². The maximum atomic E-state index is 4.82. The van der Waals surface area contributed by atoms with Crippen LogP contribution in [-0.4, -0.2) is 18.1 Å². The van der Waals surface area contributed by atoms with Gasteiger partial charge in [-0.25, -0.2) is 4.98 Å². The number of fused-ring (bicyclic) bond motifs is 1. The number of nitrogens with zero attached hydrogens (tertiary/aromatic N) is 2. The predicted molar refractivity (Wildman–Crippen MR) is 75.8 cm³/mol. The standard InChI is InChI=1S/C14H15BrN2/c15-10-12-9-11-5-1-2-6-13(11)16-14(12)17-7-3-4-8-17/h1-2,5-6,9H,3-4,7-8,10H2. The van der Waals surface area contributed by atoms with E-state index in [1.54, 1.807) is 0 Å². The fourth-order valence-corrected chi connectivity index (χ4v) is 2.86. The third-order valence-corrected chi connectivity index (χ3v) is 3.93. The second kappa shape index (κ2) is 4.65. The summed E-state index contributed by atoms with van der Waals surface area (Å²) in [7, 11) is 0. The maximum Gasteiger partial charge on any atom is 0.133 e. The van der Waals surface area contributed by atoms with Crippen LogP contribution in [0.15, 0.2) is 30.3 Å². The molecule has 2 nitrogen and oxygen atoms in total. The highest BCUT2D eigenvalue weighted by Crippen LogP contribution is 2.27. The number of para-hydroxylation sites is 1. The van der Waals surface area contributed by atoms with Crippen LogP contribution in [-0.2, 0) is 5.33 Å². The summed E-state index contributed by atoms with van der Waals surface area (Å²) in [5.41, 5.74) is 2.39. The van der Waals surface area contributed by atoms with Gasteiger partial charge in [0, 0.05) is 29.4 Å².